The molecule has 2 fully saturated rings. The zero-order valence-electron chi connectivity index (χ0n) is 22.9. The second-order valence-electron chi connectivity index (χ2n) is 11.6. The first-order chi connectivity index (χ1) is 18.2. The monoisotopic (exact) mass is 514 g/mol. The van der Waals surface area contributed by atoms with Gasteiger partial charge in [-0.25, -0.2) is 9.48 Å². The minimum absolute atomic E-state index is 0.0476. The molecule has 2 aromatic carbocycles. The maximum absolute atomic E-state index is 13.9. The van der Waals surface area contributed by atoms with Gasteiger partial charge >= 0.3 is 6.09 Å². The Balaban J connectivity index is 1.39. The molecule has 2 amide bonds. The first kappa shape index (κ1) is 26.0. The maximum Gasteiger partial charge on any atom is 0.410 e. The van der Waals surface area contributed by atoms with E-state index in [0.717, 1.165) is 43.7 Å². The van der Waals surface area contributed by atoms with Crippen molar-refractivity contribution in [2.45, 2.75) is 64.4 Å². The number of rotatable bonds is 4. The minimum atomic E-state index is -0.523. The molecule has 1 aromatic heterocycles. The van der Waals surface area contributed by atoms with Crippen molar-refractivity contribution < 1.29 is 14.3 Å². The lowest BCUT2D eigenvalue weighted by Gasteiger charge is -2.34. The van der Waals surface area contributed by atoms with Crippen LogP contribution in [0.2, 0.25) is 0 Å². The molecule has 0 aliphatic carbocycles. The summed E-state index contributed by atoms with van der Waals surface area (Å²) in [6.45, 7) is 10.4. The molecule has 7 heteroatoms. The summed E-state index contributed by atoms with van der Waals surface area (Å²) in [5.41, 5.74) is 4.51. The third kappa shape index (κ3) is 5.62. The van der Waals surface area contributed by atoms with Crippen LogP contribution >= 0.6 is 0 Å². The smallest absolute Gasteiger partial charge is 0.410 e. The summed E-state index contributed by atoms with van der Waals surface area (Å²) in [6.07, 6.45) is 3.94. The second kappa shape index (κ2) is 10.6. The normalized spacial score (nSPS) is 18.6. The van der Waals surface area contributed by atoms with Crippen molar-refractivity contribution in [3.05, 3.63) is 83.2 Å². The SMILES string of the molecule is Cc1ccc(-n2ncc(C(=O)N3CC[C@H](c4ccccc4)C3)c2C2CCN(C(=O)OC(C)(C)C)CC2)cc1. The molecule has 38 heavy (non-hydrogen) atoms. The number of nitrogens with zero attached hydrogens (tertiary/aromatic N) is 4. The van der Waals surface area contributed by atoms with Crippen molar-refractivity contribution >= 4 is 12.0 Å². The average Bonchev–Trinajstić information content (AvgIpc) is 3.57. The highest BCUT2D eigenvalue weighted by Gasteiger charge is 2.35. The van der Waals surface area contributed by atoms with Gasteiger partial charge in [0.25, 0.3) is 5.91 Å². The van der Waals surface area contributed by atoms with Gasteiger partial charge in [0, 0.05) is 38.0 Å². The highest BCUT2D eigenvalue weighted by molar-refractivity contribution is 5.95. The zero-order valence-corrected chi connectivity index (χ0v) is 22.9. The van der Waals surface area contributed by atoms with Crippen molar-refractivity contribution in [1.82, 2.24) is 19.6 Å². The Morgan fingerprint density at radius 1 is 0.868 bits per heavy atom. The summed E-state index contributed by atoms with van der Waals surface area (Å²) in [6, 6.07) is 18.7. The number of carbonyl (C=O) groups excluding carboxylic acids is 2. The zero-order chi connectivity index (χ0) is 26.9. The summed E-state index contributed by atoms with van der Waals surface area (Å²) in [4.78, 5) is 30.3. The number of likely N-dealkylation sites (tertiary alicyclic amines) is 2. The van der Waals surface area contributed by atoms with Crippen molar-refractivity contribution in [2.75, 3.05) is 26.2 Å². The molecule has 0 N–H and O–H groups in total. The molecule has 5 rings (SSSR count). The topological polar surface area (TPSA) is 67.7 Å². The van der Waals surface area contributed by atoms with Crippen LogP contribution in [0.25, 0.3) is 5.69 Å². The Hall–Kier alpha value is -3.61. The Labute approximate surface area is 225 Å². The van der Waals surface area contributed by atoms with E-state index in [2.05, 4.69) is 55.5 Å². The first-order valence-corrected chi connectivity index (χ1v) is 13.7. The van der Waals surface area contributed by atoms with Crippen LogP contribution in [0.5, 0.6) is 0 Å². The molecule has 0 radical (unpaired) electrons. The van der Waals surface area contributed by atoms with E-state index in [9.17, 15) is 9.59 Å². The van der Waals surface area contributed by atoms with E-state index in [1.54, 1.807) is 11.1 Å². The Bertz CT molecular complexity index is 1270. The number of piperidine rings is 1. The number of ether oxygens (including phenoxy) is 1. The highest BCUT2D eigenvalue weighted by atomic mass is 16.6. The second-order valence-corrected chi connectivity index (χ2v) is 11.6. The maximum atomic E-state index is 13.9. The van der Waals surface area contributed by atoms with Gasteiger partial charge in [-0.05, 0) is 64.7 Å². The van der Waals surface area contributed by atoms with E-state index in [0.29, 0.717) is 24.6 Å². The predicted octanol–water partition coefficient (Wildman–Crippen LogP) is 5.92. The molecule has 200 valence electrons. The molecule has 1 atom stereocenters. The van der Waals surface area contributed by atoms with Crippen molar-refractivity contribution in [3.8, 4) is 5.69 Å². The van der Waals surface area contributed by atoms with E-state index in [4.69, 9.17) is 9.84 Å². The van der Waals surface area contributed by atoms with Gasteiger partial charge in [0.05, 0.1) is 23.1 Å². The van der Waals surface area contributed by atoms with Gasteiger partial charge in [0.1, 0.15) is 5.60 Å². The Morgan fingerprint density at radius 3 is 2.16 bits per heavy atom. The molecule has 0 spiro atoms. The van der Waals surface area contributed by atoms with E-state index in [1.807, 2.05) is 36.4 Å². The van der Waals surface area contributed by atoms with Crippen LogP contribution in [0, 0.1) is 6.92 Å². The summed E-state index contributed by atoms with van der Waals surface area (Å²) in [5, 5.41) is 4.73. The molecule has 7 nitrogen and oxygen atoms in total. The molecular weight excluding hydrogens is 476 g/mol. The van der Waals surface area contributed by atoms with Crippen LogP contribution in [0.15, 0.2) is 60.8 Å². The molecule has 2 saturated heterocycles. The largest absolute Gasteiger partial charge is 0.444 e. The van der Waals surface area contributed by atoms with Crippen LogP contribution < -0.4 is 0 Å². The van der Waals surface area contributed by atoms with Crippen molar-refractivity contribution in [2.24, 2.45) is 0 Å². The Kier molecular flexibility index (Phi) is 7.28. The van der Waals surface area contributed by atoms with Gasteiger partial charge in [-0.2, -0.15) is 5.10 Å². The number of amides is 2. The quantitative estimate of drug-likeness (QED) is 0.433. The van der Waals surface area contributed by atoms with Gasteiger partial charge < -0.3 is 14.5 Å². The lowest BCUT2D eigenvalue weighted by atomic mass is 9.90. The first-order valence-electron chi connectivity index (χ1n) is 13.7. The fraction of sp³-hybridized carbons (Fsp3) is 0.452. The molecule has 2 aliphatic rings. The van der Waals surface area contributed by atoms with Crippen LogP contribution in [-0.2, 0) is 4.74 Å². The van der Waals surface area contributed by atoms with E-state index < -0.39 is 5.60 Å². The molecular formula is C31H38N4O3. The Morgan fingerprint density at radius 2 is 1.50 bits per heavy atom. The van der Waals surface area contributed by atoms with Gasteiger partial charge in [0.2, 0.25) is 0 Å². The predicted molar refractivity (Wildman–Crippen MR) is 148 cm³/mol. The summed E-state index contributed by atoms with van der Waals surface area (Å²) in [5.74, 6) is 0.517. The molecule has 3 aromatic rings. The number of aromatic nitrogens is 2. The number of hydrogen-bond acceptors (Lipinski definition) is 4. The average molecular weight is 515 g/mol. The molecule has 2 aliphatic heterocycles. The summed E-state index contributed by atoms with van der Waals surface area (Å²) in [7, 11) is 0. The third-order valence-corrected chi connectivity index (χ3v) is 7.60. The molecule has 0 saturated carbocycles. The molecule has 0 bridgehead atoms. The van der Waals surface area contributed by atoms with E-state index in [1.165, 1.54) is 11.1 Å². The third-order valence-electron chi connectivity index (χ3n) is 7.60. The van der Waals surface area contributed by atoms with Gasteiger partial charge in [-0.15, -0.1) is 0 Å². The van der Waals surface area contributed by atoms with Crippen LogP contribution in [-0.4, -0.2) is 63.4 Å². The number of hydrogen-bond donors (Lipinski definition) is 0. The van der Waals surface area contributed by atoms with E-state index >= 15 is 0 Å². The number of carbonyl (C=O) groups is 2. The fourth-order valence-corrected chi connectivity index (χ4v) is 5.58. The fourth-order valence-electron chi connectivity index (χ4n) is 5.58. The van der Waals surface area contributed by atoms with Crippen LogP contribution in [0.4, 0.5) is 4.79 Å². The lowest BCUT2D eigenvalue weighted by molar-refractivity contribution is 0.0203. The lowest BCUT2D eigenvalue weighted by Crippen LogP contribution is -2.41. The van der Waals surface area contributed by atoms with Crippen LogP contribution in [0.1, 0.15) is 79.0 Å². The highest BCUT2D eigenvalue weighted by Crippen LogP contribution is 2.35. The van der Waals surface area contributed by atoms with Crippen LogP contribution in [0.3, 0.4) is 0 Å². The van der Waals surface area contributed by atoms with E-state index in [-0.39, 0.29) is 17.9 Å². The molecule has 3 heterocycles. The standard InChI is InChI=1S/C31H38N4O3/c1-22-10-12-26(13-11-22)35-28(24-14-17-33(18-15-24)30(37)38-31(2,3)4)27(20-32-35)29(36)34-19-16-25(21-34)23-8-6-5-7-9-23/h5-13,20,24-25H,14-19,21H2,1-4H3/t25-/m0/s1. The number of benzene rings is 2. The minimum Gasteiger partial charge on any atom is -0.444 e. The van der Waals surface area contributed by atoms with Gasteiger partial charge in [0.15, 0.2) is 0 Å². The van der Waals surface area contributed by atoms with Gasteiger partial charge in [-0.1, -0.05) is 48.0 Å². The van der Waals surface area contributed by atoms with Crippen molar-refractivity contribution in [3.63, 3.8) is 0 Å². The summed E-state index contributed by atoms with van der Waals surface area (Å²) >= 11 is 0. The summed E-state index contributed by atoms with van der Waals surface area (Å²) < 4.78 is 7.53. The number of aryl methyl sites for hydroxylation is 1. The molecule has 0 unspecified atom stereocenters. The van der Waals surface area contributed by atoms with Gasteiger partial charge in [-0.3, -0.25) is 4.79 Å². The van der Waals surface area contributed by atoms with Crippen molar-refractivity contribution in [1.29, 1.82) is 0 Å².